The second-order valence-electron chi connectivity index (χ2n) is 8.01. The van der Waals surface area contributed by atoms with E-state index in [0.717, 1.165) is 16.7 Å². The lowest BCUT2D eigenvalue weighted by Crippen LogP contribution is -2.33. The van der Waals surface area contributed by atoms with Gasteiger partial charge in [0.05, 0.1) is 25.5 Å². The van der Waals surface area contributed by atoms with Gasteiger partial charge in [0.25, 0.3) is 11.8 Å². The number of benzene rings is 3. The maximum absolute atomic E-state index is 13.7. The zero-order chi connectivity index (χ0) is 23.7. The third-order valence-electron chi connectivity index (χ3n) is 5.86. The van der Waals surface area contributed by atoms with E-state index in [4.69, 9.17) is 9.47 Å². The number of amides is 2. The summed E-state index contributed by atoms with van der Waals surface area (Å²) in [7, 11) is 3.12. The second-order valence-corrected chi connectivity index (χ2v) is 8.01. The molecule has 1 heterocycles. The van der Waals surface area contributed by atoms with E-state index in [0.29, 0.717) is 34.0 Å². The minimum absolute atomic E-state index is 0.208. The minimum atomic E-state index is -0.411. The zero-order valence-electron chi connectivity index (χ0n) is 19.4. The number of rotatable bonds is 6. The number of methoxy groups -OCH3 is 2. The van der Waals surface area contributed by atoms with E-state index < -0.39 is 5.91 Å². The molecule has 0 radical (unpaired) electrons. The summed E-state index contributed by atoms with van der Waals surface area (Å²) in [5.74, 6) is 0.357. The number of carbonyl (C=O) groups excluding carboxylic acids is 2. The molecule has 1 aliphatic heterocycles. The van der Waals surface area contributed by atoms with Gasteiger partial charge in [0.1, 0.15) is 17.2 Å². The number of aryl methyl sites for hydroxylation is 2. The molecule has 4 rings (SSSR count). The lowest BCUT2D eigenvalue weighted by molar-refractivity contribution is -0.120. The van der Waals surface area contributed by atoms with Crippen LogP contribution in [0.4, 0.5) is 11.4 Å². The van der Waals surface area contributed by atoms with E-state index in [1.165, 1.54) is 4.90 Å². The molecule has 0 saturated heterocycles. The van der Waals surface area contributed by atoms with Crippen molar-refractivity contribution in [3.63, 3.8) is 0 Å². The highest BCUT2D eigenvalue weighted by Crippen LogP contribution is 2.37. The fraction of sp³-hybridized carbons (Fsp3) is 0.185. The van der Waals surface area contributed by atoms with Crippen LogP contribution in [0.5, 0.6) is 11.5 Å². The highest BCUT2D eigenvalue weighted by molar-refractivity contribution is 6.46. The van der Waals surface area contributed by atoms with Crippen LogP contribution in [-0.2, 0) is 9.59 Å². The summed E-state index contributed by atoms with van der Waals surface area (Å²) in [5.41, 5.74) is 5.31. The average Bonchev–Trinajstić information content (AvgIpc) is 3.05. The molecule has 6 heteroatoms. The Hall–Kier alpha value is -4.06. The maximum atomic E-state index is 13.7. The van der Waals surface area contributed by atoms with Crippen molar-refractivity contribution in [2.75, 3.05) is 24.4 Å². The fourth-order valence-electron chi connectivity index (χ4n) is 3.85. The second kappa shape index (κ2) is 8.82. The molecule has 0 unspecified atom stereocenters. The van der Waals surface area contributed by atoms with Gasteiger partial charge in [-0.15, -0.1) is 0 Å². The number of hydrogen-bond acceptors (Lipinski definition) is 5. The Balaban J connectivity index is 1.86. The zero-order valence-corrected chi connectivity index (χ0v) is 19.4. The molecule has 6 nitrogen and oxygen atoms in total. The van der Waals surface area contributed by atoms with Crippen molar-refractivity contribution in [2.24, 2.45) is 0 Å². The molecule has 0 aromatic heterocycles. The number of nitrogens with one attached hydrogen (secondary N) is 1. The van der Waals surface area contributed by atoms with Crippen molar-refractivity contribution in [1.82, 2.24) is 0 Å². The Morgan fingerprint density at radius 3 is 2.03 bits per heavy atom. The van der Waals surface area contributed by atoms with E-state index in [1.54, 1.807) is 38.5 Å². The molecule has 2 amide bonds. The van der Waals surface area contributed by atoms with Crippen LogP contribution in [-0.4, -0.2) is 26.0 Å². The van der Waals surface area contributed by atoms with E-state index in [2.05, 4.69) is 5.32 Å². The first kappa shape index (κ1) is 22.1. The summed E-state index contributed by atoms with van der Waals surface area (Å²) in [6, 6.07) is 18.4. The molecule has 0 aliphatic carbocycles. The number of anilines is 2. The van der Waals surface area contributed by atoms with Gasteiger partial charge in [-0.2, -0.15) is 0 Å². The molecule has 0 atom stereocenters. The molecule has 1 aliphatic rings. The first-order valence-electron chi connectivity index (χ1n) is 10.6. The number of ether oxygens (including phenoxy) is 2. The van der Waals surface area contributed by atoms with Crippen LogP contribution in [0.2, 0.25) is 0 Å². The first-order chi connectivity index (χ1) is 15.8. The van der Waals surface area contributed by atoms with Crippen molar-refractivity contribution in [3.8, 4) is 11.5 Å². The van der Waals surface area contributed by atoms with Crippen molar-refractivity contribution < 1.29 is 19.1 Å². The van der Waals surface area contributed by atoms with Crippen molar-refractivity contribution in [2.45, 2.75) is 20.8 Å². The molecule has 1 N–H and O–H groups in total. The van der Waals surface area contributed by atoms with Gasteiger partial charge in [-0.1, -0.05) is 42.0 Å². The summed E-state index contributed by atoms with van der Waals surface area (Å²) in [5, 5.41) is 3.18. The van der Waals surface area contributed by atoms with Crippen LogP contribution in [0.1, 0.15) is 22.3 Å². The van der Waals surface area contributed by atoms with Crippen LogP contribution in [0, 0.1) is 20.8 Å². The topological polar surface area (TPSA) is 67.9 Å². The average molecular weight is 443 g/mol. The molecular formula is C27H26N2O4. The monoisotopic (exact) mass is 442 g/mol. The number of hydrogen-bond donors (Lipinski definition) is 1. The normalized spacial score (nSPS) is 13.5. The van der Waals surface area contributed by atoms with Gasteiger partial charge in [-0.3, -0.25) is 9.59 Å². The third-order valence-corrected chi connectivity index (χ3v) is 5.86. The molecule has 33 heavy (non-hydrogen) atoms. The van der Waals surface area contributed by atoms with Gasteiger partial charge in [0, 0.05) is 23.9 Å². The van der Waals surface area contributed by atoms with Crippen LogP contribution in [0.3, 0.4) is 0 Å². The first-order valence-corrected chi connectivity index (χ1v) is 10.6. The largest absolute Gasteiger partial charge is 0.497 e. The molecule has 168 valence electrons. The lowest BCUT2D eigenvalue weighted by atomic mass is 10.0. The van der Waals surface area contributed by atoms with Gasteiger partial charge in [-0.05, 0) is 43.5 Å². The standard InChI is InChI=1S/C27H26N2O4/c1-16-9-11-19(12-10-16)24-25(28-20-13-21(32-4)15-22(14-20)33-5)27(31)29(26(24)30)23-8-6-7-17(2)18(23)3/h6-15,28H,1-5H3. The third kappa shape index (κ3) is 4.07. The van der Waals surface area contributed by atoms with Gasteiger partial charge in [-0.25, -0.2) is 4.90 Å². The van der Waals surface area contributed by atoms with Crippen LogP contribution in [0.15, 0.2) is 66.4 Å². The minimum Gasteiger partial charge on any atom is -0.497 e. The summed E-state index contributed by atoms with van der Waals surface area (Å²) < 4.78 is 10.7. The number of imide groups is 1. The smallest absolute Gasteiger partial charge is 0.282 e. The Morgan fingerprint density at radius 2 is 1.42 bits per heavy atom. The highest BCUT2D eigenvalue weighted by Gasteiger charge is 2.41. The lowest BCUT2D eigenvalue weighted by Gasteiger charge is -2.19. The molecule has 0 bridgehead atoms. The summed E-state index contributed by atoms with van der Waals surface area (Å²) >= 11 is 0. The van der Waals surface area contributed by atoms with E-state index in [-0.39, 0.29) is 11.6 Å². The molecular weight excluding hydrogens is 416 g/mol. The molecule has 0 fully saturated rings. The Kier molecular flexibility index (Phi) is 5.92. The molecule has 3 aromatic carbocycles. The van der Waals surface area contributed by atoms with Gasteiger partial charge < -0.3 is 14.8 Å². The Morgan fingerprint density at radius 1 is 0.788 bits per heavy atom. The SMILES string of the molecule is COc1cc(NC2=C(c3ccc(C)cc3)C(=O)N(c3cccc(C)c3C)C2=O)cc(OC)c1. The molecule has 0 saturated carbocycles. The van der Waals surface area contributed by atoms with Gasteiger partial charge in [0.15, 0.2) is 0 Å². The van der Waals surface area contributed by atoms with Gasteiger partial charge >= 0.3 is 0 Å². The summed E-state index contributed by atoms with van der Waals surface area (Å²) in [6.07, 6.45) is 0. The molecule has 3 aromatic rings. The van der Waals surface area contributed by atoms with Crippen LogP contribution in [0.25, 0.3) is 5.57 Å². The Labute approximate surface area is 193 Å². The highest BCUT2D eigenvalue weighted by atomic mass is 16.5. The van der Waals surface area contributed by atoms with E-state index in [9.17, 15) is 9.59 Å². The Bertz CT molecular complexity index is 1250. The van der Waals surface area contributed by atoms with E-state index >= 15 is 0 Å². The van der Waals surface area contributed by atoms with Crippen molar-refractivity contribution in [1.29, 1.82) is 0 Å². The van der Waals surface area contributed by atoms with Crippen LogP contribution >= 0.6 is 0 Å². The van der Waals surface area contributed by atoms with Crippen molar-refractivity contribution >= 4 is 28.8 Å². The number of carbonyl (C=O) groups is 2. The van der Waals surface area contributed by atoms with Gasteiger partial charge in [0.2, 0.25) is 0 Å². The maximum Gasteiger partial charge on any atom is 0.282 e. The summed E-state index contributed by atoms with van der Waals surface area (Å²) in [6.45, 7) is 5.85. The summed E-state index contributed by atoms with van der Waals surface area (Å²) in [4.78, 5) is 28.6. The number of nitrogens with zero attached hydrogens (tertiary/aromatic N) is 1. The van der Waals surface area contributed by atoms with E-state index in [1.807, 2.05) is 57.2 Å². The predicted molar refractivity (Wildman–Crippen MR) is 130 cm³/mol. The van der Waals surface area contributed by atoms with Crippen LogP contribution < -0.4 is 19.7 Å². The predicted octanol–water partition coefficient (Wildman–Crippen LogP) is 5.03. The molecule has 0 spiro atoms. The quantitative estimate of drug-likeness (QED) is 0.543. The fourth-order valence-corrected chi connectivity index (χ4v) is 3.85. The van der Waals surface area contributed by atoms with Crippen molar-refractivity contribution in [3.05, 3.63) is 88.6 Å².